The van der Waals surface area contributed by atoms with Gasteiger partial charge in [-0.05, 0) is 86.3 Å². The van der Waals surface area contributed by atoms with Gasteiger partial charge in [0.25, 0.3) is 0 Å². The van der Waals surface area contributed by atoms with Crippen LogP contribution >= 0.6 is 0 Å². The zero-order valence-corrected chi connectivity index (χ0v) is 20.5. The third-order valence-electron chi connectivity index (χ3n) is 6.84. The molecule has 2 aromatic carbocycles. The fourth-order valence-corrected chi connectivity index (χ4v) is 4.85. The summed E-state index contributed by atoms with van der Waals surface area (Å²) in [5, 5.41) is 9.68. The number of hydrogen-bond acceptors (Lipinski definition) is 6. The van der Waals surface area contributed by atoms with Gasteiger partial charge in [0, 0.05) is 19.1 Å². The Hall–Kier alpha value is -3.50. The number of carbonyl (C=O) groups excluding carboxylic acids is 1. The van der Waals surface area contributed by atoms with Gasteiger partial charge in [-0.3, -0.25) is 0 Å². The number of carbonyl (C=O) groups is 1. The van der Waals surface area contributed by atoms with Gasteiger partial charge >= 0.3 is 6.09 Å². The average Bonchev–Trinajstić information content (AvgIpc) is 2.92. The molecular formula is C28H33N3O4. The monoisotopic (exact) mass is 475 g/mol. The van der Waals surface area contributed by atoms with Crippen molar-refractivity contribution in [3.8, 4) is 23.3 Å². The van der Waals surface area contributed by atoms with Crippen LogP contribution in [0.3, 0.4) is 0 Å². The highest BCUT2D eigenvalue weighted by Crippen LogP contribution is 2.31. The second-order valence-corrected chi connectivity index (χ2v) is 8.99. The van der Waals surface area contributed by atoms with E-state index in [2.05, 4.69) is 11.0 Å². The van der Waals surface area contributed by atoms with Crippen LogP contribution in [0.15, 0.2) is 42.5 Å². The lowest BCUT2D eigenvalue weighted by atomic mass is 10.0. The van der Waals surface area contributed by atoms with E-state index in [4.69, 9.17) is 14.2 Å². The van der Waals surface area contributed by atoms with Crippen molar-refractivity contribution in [1.82, 2.24) is 9.80 Å². The van der Waals surface area contributed by atoms with Gasteiger partial charge in [-0.2, -0.15) is 5.26 Å². The molecule has 0 aliphatic carbocycles. The number of methoxy groups -OCH3 is 2. The Labute approximate surface area is 207 Å². The minimum absolute atomic E-state index is 0.298. The Kier molecular flexibility index (Phi) is 8.27. The first-order valence-corrected chi connectivity index (χ1v) is 12.3. The van der Waals surface area contributed by atoms with E-state index in [-0.39, 0.29) is 6.09 Å². The number of allylic oxidation sites excluding steroid dienone is 1. The van der Waals surface area contributed by atoms with Gasteiger partial charge in [0.1, 0.15) is 5.75 Å². The number of nitriles is 1. The van der Waals surface area contributed by atoms with Crippen LogP contribution in [0.25, 0.3) is 11.6 Å². The van der Waals surface area contributed by atoms with Crippen LogP contribution in [-0.4, -0.2) is 62.3 Å². The lowest BCUT2D eigenvalue weighted by Crippen LogP contribution is -2.48. The summed E-state index contributed by atoms with van der Waals surface area (Å²) in [6, 6.07) is 15.4. The molecular weight excluding hydrogens is 442 g/mol. The van der Waals surface area contributed by atoms with E-state index < -0.39 is 0 Å². The number of ether oxygens (including phenoxy) is 3. The first-order chi connectivity index (χ1) is 17.1. The zero-order chi connectivity index (χ0) is 24.6. The second-order valence-electron chi connectivity index (χ2n) is 8.99. The van der Waals surface area contributed by atoms with E-state index in [1.807, 2.05) is 18.2 Å². The molecule has 4 rings (SSSR count). The van der Waals surface area contributed by atoms with E-state index in [1.165, 1.54) is 32.4 Å². The molecule has 7 nitrogen and oxygen atoms in total. The van der Waals surface area contributed by atoms with Crippen LogP contribution in [-0.2, 0) is 0 Å². The van der Waals surface area contributed by atoms with Crippen LogP contribution in [0.5, 0.6) is 17.2 Å². The third-order valence-corrected chi connectivity index (χ3v) is 6.84. The molecule has 0 bridgehead atoms. The minimum atomic E-state index is -0.298. The first-order valence-electron chi connectivity index (χ1n) is 12.3. The lowest BCUT2D eigenvalue weighted by Gasteiger charge is -2.39. The van der Waals surface area contributed by atoms with Gasteiger partial charge < -0.3 is 24.0 Å². The predicted octanol–water partition coefficient (Wildman–Crippen LogP) is 5.22. The summed E-state index contributed by atoms with van der Waals surface area (Å²) in [6.07, 6.45) is 7.42. The van der Waals surface area contributed by atoms with E-state index in [9.17, 15) is 10.1 Å². The Morgan fingerprint density at radius 3 is 2.26 bits per heavy atom. The molecule has 0 radical (unpaired) electrons. The SMILES string of the molecule is COc1ccc(C(C#N)=Cc2ccc(OC(=O)N3CCC(N4CCCCC4)CC3)cc2)cc1OC. The Balaban J connectivity index is 1.35. The Morgan fingerprint density at radius 2 is 1.63 bits per heavy atom. The third kappa shape index (κ3) is 6.14. The largest absolute Gasteiger partial charge is 0.493 e. The molecule has 2 fully saturated rings. The number of nitrogens with zero attached hydrogens (tertiary/aromatic N) is 3. The summed E-state index contributed by atoms with van der Waals surface area (Å²) in [5.41, 5.74) is 2.05. The number of benzene rings is 2. The number of likely N-dealkylation sites (tertiary alicyclic amines) is 2. The van der Waals surface area contributed by atoms with Crippen molar-refractivity contribution in [2.45, 2.75) is 38.1 Å². The lowest BCUT2D eigenvalue weighted by molar-refractivity contribution is 0.0878. The van der Waals surface area contributed by atoms with Crippen LogP contribution < -0.4 is 14.2 Å². The molecule has 2 aliphatic rings. The molecule has 0 N–H and O–H groups in total. The number of rotatable bonds is 6. The van der Waals surface area contributed by atoms with Crippen LogP contribution in [0.2, 0.25) is 0 Å². The smallest absolute Gasteiger partial charge is 0.415 e. The number of piperidine rings is 2. The first kappa shape index (κ1) is 24.6. The van der Waals surface area contributed by atoms with Crippen LogP contribution in [0.4, 0.5) is 4.79 Å². The fourth-order valence-electron chi connectivity index (χ4n) is 4.85. The van der Waals surface area contributed by atoms with Gasteiger partial charge in [0.15, 0.2) is 11.5 Å². The standard InChI is InChI=1S/C28H33N3O4/c1-33-26-11-8-22(19-27(26)34-2)23(20-29)18-21-6-9-25(10-7-21)35-28(32)31-16-12-24(13-17-31)30-14-4-3-5-15-30/h6-11,18-19,24H,3-5,12-17H2,1-2H3. The summed E-state index contributed by atoms with van der Waals surface area (Å²) in [7, 11) is 3.14. The predicted molar refractivity (Wildman–Crippen MR) is 136 cm³/mol. The molecule has 0 unspecified atom stereocenters. The van der Waals surface area contributed by atoms with E-state index in [0.29, 0.717) is 28.9 Å². The van der Waals surface area contributed by atoms with Gasteiger partial charge in [-0.15, -0.1) is 0 Å². The highest BCUT2D eigenvalue weighted by Gasteiger charge is 2.28. The molecule has 0 aromatic heterocycles. The topological polar surface area (TPSA) is 75.0 Å². The molecule has 2 aromatic rings. The Bertz CT molecular complexity index is 1080. The average molecular weight is 476 g/mol. The zero-order valence-electron chi connectivity index (χ0n) is 20.5. The van der Waals surface area contributed by atoms with Crippen LogP contribution in [0, 0.1) is 11.3 Å². The maximum Gasteiger partial charge on any atom is 0.415 e. The molecule has 7 heteroatoms. The summed E-state index contributed by atoms with van der Waals surface area (Å²) >= 11 is 0. The maximum atomic E-state index is 12.7. The highest BCUT2D eigenvalue weighted by molar-refractivity contribution is 5.90. The van der Waals surface area contributed by atoms with Crippen molar-refractivity contribution in [3.05, 3.63) is 53.6 Å². The van der Waals surface area contributed by atoms with Crippen molar-refractivity contribution in [2.24, 2.45) is 0 Å². The quantitative estimate of drug-likeness (QED) is 0.421. The van der Waals surface area contributed by atoms with Gasteiger partial charge in [0.2, 0.25) is 0 Å². The van der Waals surface area contributed by atoms with E-state index in [1.54, 1.807) is 49.5 Å². The van der Waals surface area contributed by atoms with Gasteiger partial charge in [-0.25, -0.2) is 4.79 Å². The number of hydrogen-bond donors (Lipinski definition) is 0. The van der Waals surface area contributed by atoms with Gasteiger partial charge in [0.05, 0.1) is 25.9 Å². The van der Waals surface area contributed by atoms with Crippen molar-refractivity contribution in [3.63, 3.8) is 0 Å². The molecule has 184 valence electrons. The van der Waals surface area contributed by atoms with Crippen molar-refractivity contribution < 1.29 is 19.0 Å². The molecule has 2 heterocycles. The van der Waals surface area contributed by atoms with Crippen LogP contribution in [0.1, 0.15) is 43.2 Å². The summed E-state index contributed by atoms with van der Waals surface area (Å²) in [4.78, 5) is 17.1. The highest BCUT2D eigenvalue weighted by atomic mass is 16.6. The molecule has 0 spiro atoms. The molecule has 1 amide bonds. The van der Waals surface area contributed by atoms with E-state index >= 15 is 0 Å². The fraction of sp³-hybridized carbons (Fsp3) is 0.429. The molecule has 2 aliphatic heterocycles. The van der Waals surface area contributed by atoms with Crippen molar-refractivity contribution in [2.75, 3.05) is 40.4 Å². The van der Waals surface area contributed by atoms with Crippen molar-refractivity contribution in [1.29, 1.82) is 5.26 Å². The molecule has 0 atom stereocenters. The second kappa shape index (κ2) is 11.8. The molecule has 0 saturated carbocycles. The normalized spacial score (nSPS) is 17.5. The van der Waals surface area contributed by atoms with Gasteiger partial charge in [-0.1, -0.05) is 18.6 Å². The molecule has 35 heavy (non-hydrogen) atoms. The molecule has 2 saturated heterocycles. The summed E-state index contributed by atoms with van der Waals surface area (Å²) in [5.74, 6) is 1.67. The Morgan fingerprint density at radius 1 is 0.943 bits per heavy atom. The van der Waals surface area contributed by atoms with Crippen molar-refractivity contribution >= 4 is 17.7 Å². The summed E-state index contributed by atoms with van der Waals surface area (Å²) < 4.78 is 16.2. The van der Waals surface area contributed by atoms with E-state index in [0.717, 1.165) is 37.1 Å². The summed E-state index contributed by atoms with van der Waals surface area (Å²) in [6.45, 7) is 3.85. The number of amides is 1. The maximum absolute atomic E-state index is 12.7. The minimum Gasteiger partial charge on any atom is -0.493 e.